The molecule has 0 N–H and O–H groups in total. The van der Waals surface area contributed by atoms with Gasteiger partial charge in [0.15, 0.2) is 0 Å². The summed E-state index contributed by atoms with van der Waals surface area (Å²) in [6.45, 7) is 7.25. The third kappa shape index (κ3) is 31.7. The normalized spacial score (nSPS) is 7.38. The minimum absolute atomic E-state index is 0. The Labute approximate surface area is 117 Å². The third-order valence-electron chi connectivity index (χ3n) is 1.51. The molecule has 0 spiro atoms. The monoisotopic (exact) mass is 279 g/mol. The van der Waals surface area contributed by atoms with E-state index < -0.39 is 0 Å². The molecule has 13 heavy (non-hydrogen) atoms. The molecule has 0 amide bonds. The zero-order valence-corrected chi connectivity index (χ0v) is 13.2. The molecule has 0 saturated heterocycles. The molecule has 0 aromatic rings. The quantitative estimate of drug-likeness (QED) is 0.319. The van der Waals surface area contributed by atoms with Gasteiger partial charge in [-0.2, -0.15) is 19.6 Å². The second kappa shape index (κ2) is 29.2. The Morgan fingerprint density at radius 2 is 1.31 bits per heavy atom. The Hall–Kier alpha value is 1.60. The molecule has 0 bridgehead atoms. The van der Waals surface area contributed by atoms with Crippen molar-refractivity contribution in [1.82, 2.24) is 0 Å². The molecule has 0 aliphatic rings. The van der Waals surface area contributed by atoms with Crippen LogP contribution in [-0.4, -0.2) is 28.8 Å². The van der Waals surface area contributed by atoms with Crippen LogP contribution >= 0.6 is 29.6 Å². The van der Waals surface area contributed by atoms with Crippen LogP contribution in [0, 0.1) is 6.92 Å². The molecule has 3 heteroatoms. The molecular formula is C10H24BrMgS+. The van der Waals surface area contributed by atoms with Crippen molar-refractivity contribution in [2.75, 3.05) is 5.75 Å². The maximum absolute atomic E-state index is 4.15. The molecule has 0 nitrogen and oxygen atoms in total. The van der Waals surface area contributed by atoms with Crippen LogP contribution in [0.15, 0.2) is 0 Å². The van der Waals surface area contributed by atoms with Crippen molar-refractivity contribution in [2.24, 2.45) is 0 Å². The Balaban J connectivity index is -0.0000000941. The number of unbranched alkanes of at least 4 members (excludes halogenated alkanes) is 5. The molecule has 0 radical (unpaired) electrons. The van der Waals surface area contributed by atoms with E-state index in [-0.39, 0.29) is 40.0 Å². The molecular weight excluding hydrogens is 256 g/mol. The van der Waals surface area contributed by atoms with E-state index in [9.17, 15) is 0 Å². The van der Waals surface area contributed by atoms with Gasteiger partial charge in [0, 0.05) is 0 Å². The summed E-state index contributed by atoms with van der Waals surface area (Å²) >= 11 is 4.15. The van der Waals surface area contributed by atoms with Gasteiger partial charge in [-0.05, 0) is 12.2 Å². The first-order chi connectivity index (χ1) is 5.41. The van der Waals surface area contributed by atoms with Gasteiger partial charge in [0.25, 0.3) is 0 Å². The van der Waals surface area contributed by atoms with Crippen LogP contribution in [0.2, 0.25) is 0 Å². The molecule has 0 aromatic carbocycles. The number of thiol groups is 1. The number of hydrogen-bond donors (Lipinski definition) is 1. The van der Waals surface area contributed by atoms with E-state index in [0.717, 1.165) is 5.75 Å². The maximum atomic E-state index is 4.15. The standard InChI is InChI=1S/C8H18S.C2H5.BrH.Mg/c1-2-3-4-5-6-7-8-9;1-2;;/h9H,2-8H2,1H3;1H2,2H3;1H;/q;-1;;+2. The van der Waals surface area contributed by atoms with Gasteiger partial charge in [0.05, 0.1) is 0 Å². The second-order valence-corrected chi connectivity index (χ2v) is 2.94. The average molecular weight is 281 g/mol. The van der Waals surface area contributed by atoms with E-state index in [1.54, 1.807) is 6.92 Å². The van der Waals surface area contributed by atoms with Crippen molar-refractivity contribution in [2.45, 2.75) is 52.4 Å². The summed E-state index contributed by atoms with van der Waals surface area (Å²) in [5, 5.41) is 0. The van der Waals surface area contributed by atoms with Crippen LogP contribution in [0.5, 0.6) is 0 Å². The predicted molar refractivity (Wildman–Crippen MR) is 74.3 cm³/mol. The van der Waals surface area contributed by atoms with Crippen molar-refractivity contribution < 1.29 is 0 Å². The number of halogens is 1. The van der Waals surface area contributed by atoms with Crippen LogP contribution in [-0.2, 0) is 0 Å². The van der Waals surface area contributed by atoms with E-state index >= 15 is 0 Å². The molecule has 0 rings (SSSR count). The van der Waals surface area contributed by atoms with Crippen molar-refractivity contribution in [3.8, 4) is 0 Å². The van der Waals surface area contributed by atoms with Gasteiger partial charge < -0.3 is 6.92 Å². The minimum Gasteiger partial charge on any atom is -0.346 e. The van der Waals surface area contributed by atoms with Crippen LogP contribution in [0.1, 0.15) is 52.4 Å². The van der Waals surface area contributed by atoms with Crippen LogP contribution in [0.3, 0.4) is 0 Å². The van der Waals surface area contributed by atoms with Gasteiger partial charge in [-0.3, -0.25) is 0 Å². The van der Waals surface area contributed by atoms with Gasteiger partial charge in [0.2, 0.25) is 0 Å². The Bertz CT molecular complexity index is 48.2. The van der Waals surface area contributed by atoms with Crippen molar-refractivity contribution >= 4 is 52.7 Å². The first-order valence-corrected chi connectivity index (χ1v) is 5.36. The summed E-state index contributed by atoms with van der Waals surface area (Å²) in [5.41, 5.74) is 0. The molecule has 0 atom stereocenters. The van der Waals surface area contributed by atoms with Crippen molar-refractivity contribution in [3.63, 3.8) is 0 Å². The first-order valence-electron chi connectivity index (χ1n) is 4.73. The largest absolute Gasteiger partial charge is 2.00 e. The fraction of sp³-hybridized carbons (Fsp3) is 0.900. The van der Waals surface area contributed by atoms with Crippen LogP contribution in [0.4, 0.5) is 0 Å². The SMILES string of the molecule is Br.CCCCCCCCS.[CH2-]C.[Mg+2]. The summed E-state index contributed by atoms with van der Waals surface area (Å²) in [7, 11) is 0. The molecule has 0 aromatic heterocycles. The van der Waals surface area contributed by atoms with Crippen molar-refractivity contribution in [1.29, 1.82) is 0 Å². The molecule has 0 aliphatic carbocycles. The van der Waals surface area contributed by atoms with E-state index in [4.69, 9.17) is 0 Å². The van der Waals surface area contributed by atoms with Crippen LogP contribution in [0.25, 0.3) is 0 Å². The zero-order chi connectivity index (χ0) is 8.95. The zero-order valence-electron chi connectivity index (χ0n) is 9.22. The van der Waals surface area contributed by atoms with E-state index in [2.05, 4.69) is 26.5 Å². The molecule has 0 fully saturated rings. The molecule has 0 saturated carbocycles. The van der Waals surface area contributed by atoms with Crippen molar-refractivity contribution in [3.05, 3.63) is 6.92 Å². The van der Waals surface area contributed by atoms with Crippen LogP contribution < -0.4 is 0 Å². The topological polar surface area (TPSA) is 0 Å². The summed E-state index contributed by atoms with van der Waals surface area (Å²) in [4.78, 5) is 0. The fourth-order valence-electron chi connectivity index (χ4n) is 0.892. The summed E-state index contributed by atoms with van der Waals surface area (Å²) in [5.74, 6) is 1.06. The molecule has 0 unspecified atom stereocenters. The van der Waals surface area contributed by atoms with E-state index in [1.165, 1.54) is 38.5 Å². The Morgan fingerprint density at radius 1 is 0.923 bits per heavy atom. The second-order valence-electron chi connectivity index (χ2n) is 2.49. The van der Waals surface area contributed by atoms with E-state index in [0.29, 0.717) is 0 Å². The number of rotatable bonds is 6. The fourth-order valence-corrected chi connectivity index (χ4v) is 1.12. The summed E-state index contributed by atoms with van der Waals surface area (Å²) < 4.78 is 0. The maximum Gasteiger partial charge on any atom is 2.00 e. The first kappa shape index (κ1) is 24.0. The predicted octanol–water partition coefficient (Wildman–Crippen LogP) is 4.31. The van der Waals surface area contributed by atoms with Gasteiger partial charge >= 0.3 is 23.1 Å². The van der Waals surface area contributed by atoms with Gasteiger partial charge in [-0.1, -0.05) is 39.0 Å². The van der Waals surface area contributed by atoms with Gasteiger partial charge in [-0.25, -0.2) is 0 Å². The smallest absolute Gasteiger partial charge is 0.346 e. The molecule has 0 aliphatic heterocycles. The molecule has 78 valence electrons. The Morgan fingerprint density at radius 3 is 1.69 bits per heavy atom. The summed E-state index contributed by atoms with van der Waals surface area (Å²) in [6.07, 6.45) is 8.27. The average Bonchev–Trinajstić information content (AvgIpc) is 2.08. The number of hydrogen-bond acceptors (Lipinski definition) is 1. The minimum atomic E-state index is 0. The van der Waals surface area contributed by atoms with Gasteiger partial charge in [-0.15, -0.1) is 17.0 Å². The van der Waals surface area contributed by atoms with Gasteiger partial charge in [0.1, 0.15) is 0 Å². The molecule has 0 heterocycles. The summed E-state index contributed by atoms with van der Waals surface area (Å²) in [6, 6.07) is 0. The van der Waals surface area contributed by atoms with E-state index in [1.807, 2.05) is 0 Å². The Kier molecular flexibility index (Phi) is 54.0. The third-order valence-corrected chi connectivity index (χ3v) is 1.83.